The van der Waals surface area contributed by atoms with Crippen LogP contribution in [-0.2, 0) is 52.1 Å². The Hall–Kier alpha value is -0.760. The average molecular weight is 919 g/mol. The number of aliphatic hydroxyl groups is 8. The highest BCUT2D eigenvalue weighted by Gasteiger charge is 2.55. The van der Waals surface area contributed by atoms with Crippen molar-refractivity contribution in [2.45, 2.75) is 217 Å². The van der Waals surface area contributed by atoms with Crippen LogP contribution >= 0.6 is 0 Å². The summed E-state index contributed by atoms with van der Waals surface area (Å²) in [6, 6.07) is 0. The molecule has 0 saturated carbocycles. The van der Waals surface area contributed by atoms with Gasteiger partial charge in [-0.1, -0.05) is 55.4 Å². The summed E-state index contributed by atoms with van der Waals surface area (Å²) in [6.45, 7) is 13.1. The van der Waals surface area contributed by atoms with Gasteiger partial charge in [0.2, 0.25) is 0 Å². The lowest BCUT2D eigenvalue weighted by molar-refractivity contribution is -0.378. The van der Waals surface area contributed by atoms with E-state index in [9.17, 15) is 40.9 Å². The molecule has 0 aromatic heterocycles. The van der Waals surface area contributed by atoms with Crippen molar-refractivity contribution in [3.63, 3.8) is 0 Å². The van der Waals surface area contributed by atoms with E-state index in [0.29, 0.717) is 51.4 Å². The molecule has 2 aliphatic rings. The molecule has 63 heavy (non-hydrogen) atoms. The van der Waals surface area contributed by atoms with Crippen LogP contribution < -0.4 is 0 Å². The molecule has 8 N–H and O–H groups in total. The van der Waals surface area contributed by atoms with Gasteiger partial charge >= 0.3 is 0 Å². The van der Waals surface area contributed by atoms with E-state index in [1.807, 2.05) is 13.8 Å². The number of ether oxygens (including phenoxy) is 11. The second kappa shape index (κ2) is 32.9. The maximum absolute atomic E-state index is 10.8. The van der Waals surface area contributed by atoms with E-state index in [2.05, 4.69) is 0 Å². The largest absolute Gasteiger partial charge is 0.391 e. The highest BCUT2D eigenvalue weighted by atomic mass is 16.8. The van der Waals surface area contributed by atoms with E-state index in [1.54, 1.807) is 41.5 Å². The third kappa shape index (κ3) is 21.0. The van der Waals surface area contributed by atoms with Crippen LogP contribution in [-0.4, -0.2) is 217 Å². The summed E-state index contributed by atoms with van der Waals surface area (Å²) in [5.41, 5.74) is 0. The average Bonchev–Trinajstić information content (AvgIpc) is 3.29. The third-order valence-electron chi connectivity index (χ3n) is 11.3. The molecule has 2 heterocycles. The Kier molecular flexibility index (Phi) is 30.4. The number of aliphatic hydroxyl groups excluding tert-OH is 8. The van der Waals surface area contributed by atoms with Crippen LogP contribution in [0.2, 0.25) is 0 Å². The number of hydrogen-bond donors (Lipinski definition) is 8. The first kappa shape index (κ1) is 58.4. The molecule has 18 unspecified atom stereocenters. The summed E-state index contributed by atoms with van der Waals surface area (Å²) < 4.78 is 70.5. The fraction of sp³-hybridized carbons (Fsp3) is 1.00. The molecule has 0 bridgehead atoms. The number of hydrogen-bond acceptors (Lipinski definition) is 19. The molecule has 0 aromatic rings. The van der Waals surface area contributed by atoms with Crippen molar-refractivity contribution in [3.05, 3.63) is 0 Å². The van der Waals surface area contributed by atoms with Gasteiger partial charge in [-0.15, -0.1) is 0 Å². The zero-order chi connectivity index (χ0) is 46.9. The topological polar surface area (TPSA) is 263 Å². The zero-order valence-electron chi connectivity index (χ0n) is 39.2. The van der Waals surface area contributed by atoms with Gasteiger partial charge < -0.3 is 93.0 Å². The molecule has 0 radical (unpaired) electrons. The Labute approximate surface area is 375 Å². The molecule has 0 amide bonds. The Morgan fingerprint density at radius 3 is 0.968 bits per heavy atom. The van der Waals surface area contributed by atoms with Crippen LogP contribution in [0.15, 0.2) is 0 Å². The normalized spacial score (nSPS) is 30.7. The van der Waals surface area contributed by atoms with Crippen LogP contribution in [0.25, 0.3) is 0 Å². The summed E-state index contributed by atoms with van der Waals surface area (Å²) in [4.78, 5) is 0. The van der Waals surface area contributed by atoms with Crippen molar-refractivity contribution >= 4 is 0 Å². The van der Waals surface area contributed by atoms with E-state index >= 15 is 0 Å². The van der Waals surface area contributed by atoms with Gasteiger partial charge in [-0.2, -0.15) is 0 Å². The van der Waals surface area contributed by atoms with Gasteiger partial charge in [0.05, 0.1) is 115 Å². The van der Waals surface area contributed by atoms with E-state index in [-0.39, 0.29) is 66.1 Å². The Morgan fingerprint density at radius 2 is 0.587 bits per heavy atom. The summed E-state index contributed by atoms with van der Waals surface area (Å²) >= 11 is 0. The molecule has 0 aliphatic carbocycles. The summed E-state index contributed by atoms with van der Waals surface area (Å²) in [6.07, 6.45) is -15.0. The van der Waals surface area contributed by atoms with Gasteiger partial charge in [-0.3, -0.25) is 0 Å². The summed E-state index contributed by atoms with van der Waals surface area (Å²) in [5, 5.41) is 84.9. The van der Waals surface area contributed by atoms with Gasteiger partial charge in [0.25, 0.3) is 0 Å². The first-order valence-corrected chi connectivity index (χ1v) is 23.5. The van der Waals surface area contributed by atoms with Gasteiger partial charge in [0.1, 0.15) is 48.8 Å². The maximum Gasteiger partial charge on any atom is 0.187 e. The van der Waals surface area contributed by atoms with Crippen LogP contribution in [0.1, 0.15) is 107 Å². The highest BCUT2D eigenvalue weighted by molar-refractivity contribution is 4.98. The quantitative estimate of drug-likeness (QED) is 0.0435. The van der Waals surface area contributed by atoms with Crippen molar-refractivity contribution < 1.29 is 93.0 Å². The molecular formula is C44H86O19. The van der Waals surface area contributed by atoms with Crippen LogP contribution in [0.5, 0.6) is 0 Å². The fourth-order valence-electron chi connectivity index (χ4n) is 6.42. The molecule has 19 heteroatoms. The Bertz CT molecular complexity index is 1110. The molecule has 2 saturated heterocycles. The van der Waals surface area contributed by atoms with Crippen molar-refractivity contribution in [2.75, 3.05) is 66.1 Å². The minimum atomic E-state index is -1.39. The van der Waals surface area contributed by atoms with E-state index < -0.39 is 110 Å². The maximum atomic E-state index is 10.8. The van der Waals surface area contributed by atoms with Gasteiger partial charge in [0.15, 0.2) is 12.6 Å². The van der Waals surface area contributed by atoms with Crippen LogP contribution in [0.4, 0.5) is 0 Å². The lowest BCUT2D eigenvalue weighted by atomic mass is 9.95. The molecule has 0 spiro atoms. The third-order valence-corrected chi connectivity index (χ3v) is 11.3. The van der Waals surface area contributed by atoms with Crippen molar-refractivity contribution in [3.8, 4) is 0 Å². The molecule has 2 aliphatic heterocycles. The Morgan fingerprint density at radius 1 is 0.317 bits per heavy atom. The summed E-state index contributed by atoms with van der Waals surface area (Å²) in [5.74, 6) is 0. The van der Waals surface area contributed by atoms with Gasteiger partial charge in [-0.25, -0.2) is 0 Å². The molecule has 2 rings (SSSR count). The SMILES string of the molecule is CCC(O)COCC1OC(OC2C(COCC(O)CC)OC(OCC(O)CC)C(OCC(O)CC)C2OCC(O)CC)C(OCC(O)CC)C(OCC(O)CC)C1OCC(O)CC. The monoisotopic (exact) mass is 919 g/mol. The predicted octanol–water partition coefficient (Wildman–Crippen LogP) is 0.964. The minimum absolute atomic E-state index is 0.0270. The van der Waals surface area contributed by atoms with Crippen LogP contribution in [0.3, 0.4) is 0 Å². The van der Waals surface area contributed by atoms with Gasteiger partial charge in [0, 0.05) is 0 Å². The van der Waals surface area contributed by atoms with E-state index in [4.69, 9.17) is 52.1 Å². The fourth-order valence-corrected chi connectivity index (χ4v) is 6.42. The van der Waals surface area contributed by atoms with Gasteiger partial charge in [-0.05, 0) is 51.4 Å². The molecule has 376 valence electrons. The van der Waals surface area contributed by atoms with Crippen molar-refractivity contribution in [1.82, 2.24) is 0 Å². The smallest absolute Gasteiger partial charge is 0.187 e. The second-order valence-corrected chi connectivity index (χ2v) is 16.6. The van der Waals surface area contributed by atoms with E-state index in [0.717, 1.165) is 0 Å². The predicted molar refractivity (Wildman–Crippen MR) is 229 cm³/mol. The Balaban J connectivity index is 2.84. The molecule has 2 fully saturated rings. The lowest BCUT2D eigenvalue weighted by Gasteiger charge is -2.50. The summed E-state index contributed by atoms with van der Waals surface area (Å²) in [7, 11) is 0. The molecule has 0 aromatic carbocycles. The number of rotatable bonds is 36. The lowest BCUT2D eigenvalue weighted by Crippen LogP contribution is -2.67. The molecule has 18 atom stereocenters. The first-order chi connectivity index (χ1) is 30.2. The van der Waals surface area contributed by atoms with Crippen molar-refractivity contribution in [2.24, 2.45) is 0 Å². The molecule has 19 nitrogen and oxygen atoms in total. The molecular weight excluding hydrogens is 832 g/mol. The first-order valence-electron chi connectivity index (χ1n) is 23.5. The minimum Gasteiger partial charge on any atom is -0.391 e. The second-order valence-electron chi connectivity index (χ2n) is 16.6. The van der Waals surface area contributed by atoms with Crippen molar-refractivity contribution in [1.29, 1.82) is 0 Å². The van der Waals surface area contributed by atoms with E-state index in [1.165, 1.54) is 0 Å². The standard InChI is InChI=1S/C44H86O19/c1-9-27(45)17-53-25-35-37(55-19-29(47)11-3)39(56-20-30(48)12-4)42(59-23-33(51)15-7)44(62-35)63-38-36(26-54-18-28(46)10-2)61-43(60-24-34(52)16-8)41(58-22-32(50)14-6)40(38)57-21-31(49)13-5/h27-52H,9-26H2,1-8H3. The highest BCUT2D eigenvalue weighted by Crippen LogP contribution is 2.36. The zero-order valence-corrected chi connectivity index (χ0v) is 39.2. The van der Waals surface area contributed by atoms with Crippen LogP contribution in [0, 0.1) is 0 Å².